The molecule has 0 aliphatic carbocycles. The van der Waals surface area contributed by atoms with Gasteiger partial charge in [0, 0.05) is 6.61 Å². The summed E-state index contributed by atoms with van der Waals surface area (Å²) in [5.74, 6) is -0.885. The summed E-state index contributed by atoms with van der Waals surface area (Å²) >= 11 is 0. The number of carboxylic acid groups (broad SMARTS) is 1. The molecule has 1 saturated heterocycles. The summed E-state index contributed by atoms with van der Waals surface area (Å²) in [6.07, 6.45) is 3.41. The van der Waals surface area contributed by atoms with Gasteiger partial charge in [0.1, 0.15) is 5.54 Å². The Hall–Kier alpha value is -0.650. The number of hydrogen-bond donors (Lipinski definition) is 2. The molecule has 5 nitrogen and oxygen atoms in total. The van der Waals surface area contributed by atoms with Gasteiger partial charge in [-0.15, -0.1) is 0 Å². The third-order valence-corrected chi connectivity index (χ3v) is 3.01. The van der Waals surface area contributed by atoms with E-state index in [1.807, 2.05) is 6.92 Å². The Morgan fingerprint density at radius 3 is 2.88 bits per heavy atom. The smallest absolute Gasteiger partial charge is 0.326 e. The lowest BCUT2D eigenvalue weighted by Gasteiger charge is -2.27. The Bertz CT molecular complexity index is 241. The third kappa shape index (κ3) is 4.61. The molecule has 1 aliphatic rings. The maximum Gasteiger partial charge on any atom is 0.326 e. The molecule has 0 spiro atoms. The molecule has 2 atom stereocenters. The molecule has 17 heavy (non-hydrogen) atoms. The van der Waals surface area contributed by atoms with Crippen LogP contribution in [0.5, 0.6) is 0 Å². The first-order chi connectivity index (χ1) is 8.08. The predicted octanol–water partition coefficient (Wildman–Crippen LogP) is 1.02. The fourth-order valence-electron chi connectivity index (χ4n) is 1.91. The fourth-order valence-corrected chi connectivity index (χ4v) is 1.91. The van der Waals surface area contributed by atoms with Crippen molar-refractivity contribution in [2.24, 2.45) is 0 Å². The van der Waals surface area contributed by atoms with E-state index in [1.54, 1.807) is 6.92 Å². The first kappa shape index (κ1) is 14.4. The molecule has 0 aromatic rings. The molecule has 1 heterocycles. The molecular weight excluding hydrogens is 222 g/mol. The molecule has 0 saturated carbocycles. The summed E-state index contributed by atoms with van der Waals surface area (Å²) in [6.45, 7) is 5.56. The summed E-state index contributed by atoms with van der Waals surface area (Å²) < 4.78 is 11.0. The van der Waals surface area contributed by atoms with E-state index in [1.165, 1.54) is 0 Å². The van der Waals surface area contributed by atoms with E-state index in [0.29, 0.717) is 13.2 Å². The quantitative estimate of drug-likeness (QED) is 0.701. The van der Waals surface area contributed by atoms with Gasteiger partial charge in [0.2, 0.25) is 0 Å². The lowest BCUT2D eigenvalue weighted by atomic mass is 10.0. The molecule has 100 valence electrons. The van der Waals surface area contributed by atoms with Crippen molar-refractivity contribution in [1.29, 1.82) is 0 Å². The minimum Gasteiger partial charge on any atom is -0.480 e. The summed E-state index contributed by atoms with van der Waals surface area (Å²) in [5.41, 5.74) is -1.01. The Kier molecular flexibility index (Phi) is 5.88. The molecule has 1 fully saturated rings. The average Bonchev–Trinajstić information content (AvgIpc) is 2.30. The fraction of sp³-hybridized carbons (Fsp3) is 0.917. The molecule has 0 amide bonds. The van der Waals surface area contributed by atoms with Gasteiger partial charge < -0.3 is 19.9 Å². The van der Waals surface area contributed by atoms with Crippen molar-refractivity contribution in [3.05, 3.63) is 0 Å². The maximum absolute atomic E-state index is 11.1. The van der Waals surface area contributed by atoms with Crippen LogP contribution in [-0.4, -0.2) is 49.1 Å². The highest BCUT2D eigenvalue weighted by molar-refractivity contribution is 5.78. The molecule has 0 aromatic heterocycles. The number of aliphatic carboxylic acids is 1. The van der Waals surface area contributed by atoms with Crippen LogP contribution in [0.15, 0.2) is 0 Å². The first-order valence-corrected chi connectivity index (χ1v) is 6.26. The number of rotatable bonds is 7. The SMILES string of the molecule is CCNC(C)(COCC1CCCCO1)C(=O)O. The summed E-state index contributed by atoms with van der Waals surface area (Å²) in [7, 11) is 0. The molecular formula is C12H23NO4. The zero-order valence-electron chi connectivity index (χ0n) is 10.7. The number of nitrogens with one attached hydrogen (secondary N) is 1. The lowest BCUT2D eigenvalue weighted by molar-refractivity contribution is -0.148. The zero-order chi connectivity index (χ0) is 12.7. The molecule has 0 radical (unpaired) electrons. The van der Waals surface area contributed by atoms with Crippen LogP contribution < -0.4 is 5.32 Å². The van der Waals surface area contributed by atoms with Crippen LogP contribution in [0.3, 0.4) is 0 Å². The standard InChI is InChI=1S/C12H23NO4/c1-3-13-12(2,11(14)15)9-16-8-10-6-4-5-7-17-10/h10,13H,3-9H2,1-2H3,(H,14,15). The van der Waals surface area contributed by atoms with Crippen molar-refractivity contribution in [2.75, 3.05) is 26.4 Å². The highest BCUT2D eigenvalue weighted by Crippen LogP contribution is 2.13. The van der Waals surface area contributed by atoms with Crippen LogP contribution in [0.1, 0.15) is 33.1 Å². The predicted molar refractivity (Wildman–Crippen MR) is 64.1 cm³/mol. The van der Waals surface area contributed by atoms with Gasteiger partial charge in [-0.05, 0) is 32.7 Å². The number of ether oxygens (including phenoxy) is 2. The maximum atomic E-state index is 11.1. The summed E-state index contributed by atoms with van der Waals surface area (Å²) in [5, 5.41) is 12.1. The first-order valence-electron chi connectivity index (χ1n) is 6.26. The van der Waals surface area contributed by atoms with Crippen molar-refractivity contribution >= 4 is 5.97 Å². The Morgan fingerprint density at radius 2 is 2.35 bits per heavy atom. The zero-order valence-corrected chi connectivity index (χ0v) is 10.7. The highest BCUT2D eigenvalue weighted by atomic mass is 16.5. The monoisotopic (exact) mass is 245 g/mol. The molecule has 1 rings (SSSR count). The molecule has 2 N–H and O–H groups in total. The van der Waals surface area contributed by atoms with Crippen molar-refractivity contribution in [1.82, 2.24) is 5.32 Å². The van der Waals surface area contributed by atoms with E-state index in [9.17, 15) is 4.79 Å². The van der Waals surface area contributed by atoms with Crippen LogP contribution in [0.4, 0.5) is 0 Å². The van der Waals surface area contributed by atoms with Gasteiger partial charge in [0.25, 0.3) is 0 Å². The second kappa shape index (κ2) is 6.93. The second-order valence-electron chi connectivity index (χ2n) is 4.67. The number of hydrogen-bond acceptors (Lipinski definition) is 4. The van der Waals surface area contributed by atoms with E-state index in [2.05, 4.69) is 5.32 Å². The average molecular weight is 245 g/mol. The number of carboxylic acids is 1. The third-order valence-electron chi connectivity index (χ3n) is 3.01. The van der Waals surface area contributed by atoms with Gasteiger partial charge in [-0.2, -0.15) is 0 Å². The van der Waals surface area contributed by atoms with Crippen LogP contribution >= 0.6 is 0 Å². The van der Waals surface area contributed by atoms with Crippen molar-refractivity contribution in [3.63, 3.8) is 0 Å². The second-order valence-corrected chi connectivity index (χ2v) is 4.67. The van der Waals surface area contributed by atoms with E-state index in [-0.39, 0.29) is 12.7 Å². The van der Waals surface area contributed by atoms with Crippen LogP contribution in [-0.2, 0) is 14.3 Å². The number of carbonyl (C=O) groups is 1. The van der Waals surface area contributed by atoms with Gasteiger partial charge in [-0.3, -0.25) is 4.79 Å². The number of likely N-dealkylation sites (N-methyl/N-ethyl adjacent to an activating group) is 1. The normalized spacial score (nSPS) is 24.2. The molecule has 1 aliphatic heterocycles. The minimum atomic E-state index is -1.01. The minimum absolute atomic E-state index is 0.128. The van der Waals surface area contributed by atoms with Crippen molar-refractivity contribution in [2.45, 2.75) is 44.8 Å². The Balaban J connectivity index is 2.28. The van der Waals surface area contributed by atoms with Gasteiger partial charge >= 0.3 is 5.97 Å². The Morgan fingerprint density at radius 1 is 1.59 bits per heavy atom. The summed E-state index contributed by atoms with van der Waals surface area (Å²) in [6, 6.07) is 0. The molecule has 5 heteroatoms. The van der Waals surface area contributed by atoms with Gasteiger partial charge in [-0.1, -0.05) is 6.92 Å². The topological polar surface area (TPSA) is 67.8 Å². The van der Waals surface area contributed by atoms with Gasteiger partial charge in [0.15, 0.2) is 0 Å². The van der Waals surface area contributed by atoms with E-state index in [4.69, 9.17) is 14.6 Å². The van der Waals surface area contributed by atoms with Crippen LogP contribution in [0, 0.1) is 0 Å². The Labute approximate surface area is 102 Å². The highest BCUT2D eigenvalue weighted by Gasteiger charge is 2.32. The molecule has 0 aromatic carbocycles. The molecule has 0 bridgehead atoms. The molecule has 2 unspecified atom stereocenters. The van der Waals surface area contributed by atoms with Crippen LogP contribution in [0.25, 0.3) is 0 Å². The van der Waals surface area contributed by atoms with Crippen molar-refractivity contribution < 1.29 is 19.4 Å². The lowest BCUT2D eigenvalue weighted by Crippen LogP contribution is -2.53. The van der Waals surface area contributed by atoms with E-state index < -0.39 is 11.5 Å². The van der Waals surface area contributed by atoms with E-state index >= 15 is 0 Å². The summed E-state index contributed by atoms with van der Waals surface area (Å²) in [4.78, 5) is 11.1. The van der Waals surface area contributed by atoms with Gasteiger partial charge in [0.05, 0.1) is 19.3 Å². The van der Waals surface area contributed by atoms with Crippen molar-refractivity contribution in [3.8, 4) is 0 Å². The largest absolute Gasteiger partial charge is 0.480 e. The van der Waals surface area contributed by atoms with Gasteiger partial charge in [-0.25, -0.2) is 0 Å². The van der Waals surface area contributed by atoms with Crippen LogP contribution in [0.2, 0.25) is 0 Å². The van der Waals surface area contributed by atoms with E-state index in [0.717, 1.165) is 25.9 Å².